The van der Waals surface area contributed by atoms with E-state index in [0.29, 0.717) is 25.1 Å². The molecule has 2 N–H and O–H groups in total. The van der Waals surface area contributed by atoms with Crippen molar-refractivity contribution in [3.63, 3.8) is 0 Å². The Morgan fingerprint density at radius 1 is 1.55 bits per heavy atom. The third-order valence-corrected chi connectivity index (χ3v) is 3.56. The van der Waals surface area contributed by atoms with Gasteiger partial charge in [-0.3, -0.25) is 9.59 Å². The second-order valence-corrected chi connectivity index (χ2v) is 4.91. The lowest BCUT2D eigenvalue weighted by molar-refractivity contribution is -0.130. The predicted molar refractivity (Wildman–Crippen MR) is 70.8 cm³/mol. The van der Waals surface area contributed by atoms with Crippen molar-refractivity contribution in [1.29, 1.82) is 0 Å². The van der Waals surface area contributed by atoms with Crippen LogP contribution in [0.15, 0.2) is 12.3 Å². The van der Waals surface area contributed by atoms with Crippen LogP contribution in [0.5, 0.6) is 0 Å². The highest BCUT2D eigenvalue weighted by molar-refractivity contribution is 5.97. The standard InChI is InChI=1S/C13H18N4O3/c1-9-4-6-15-10(16-9)11(18)17-7-3-5-13(17,8-20-2)12(14)19/h4,6H,3,5,7-8H2,1-2H3,(H2,14,19). The Morgan fingerprint density at radius 2 is 2.30 bits per heavy atom. The maximum absolute atomic E-state index is 12.5. The molecule has 1 aliphatic heterocycles. The van der Waals surface area contributed by atoms with E-state index >= 15 is 0 Å². The fraction of sp³-hybridized carbons (Fsp3) is 0.538. The molecule has 1 aliphatic rings. The number of aromatic nitrogens is 2. The summed E-state index contributed by atoms with van der Waals surface area (Å²) in [5.41, 5.74) is 5.10. The highest BCUT2D eigenvalue weighted by atomic mass is 16.5. The van der Waals surface area contributed by atoms with E-state index in [1.54, 1.807) is 13.0 Å². The Morgan fingerprint density at radius 3 is 2.90 bits per heavy atom. The van der Waals surface area contributed by atoms with Crippen LogP contribution in [0.1, 0.15) is 29.2 Å². The van der Waals surface area contributed by atoms with Gasteiger partial charge in [-0.05, 0) is 25.8 Å². The Kier molecular flexibility index (Phi) is 3.99. The third-order valence-electron chi connectivity index (χ3n) is 3.56. The van der Waals surface area contributed by atoms with Crippen molar-refractivity contribution in [2.45, 2.75) is 25.3 Å². The maximum Gasteiger partial charge on any atom is 0.292 e. The largest absolute Gasteiger partial charge is 0.382 e. The van der Waals surface area contributed by atoms with Gasteiger partial charge in [0.25, 0.3) is 5.91 Å². The van der Waals surface area contributed by atoms with Gasteiger partial charge in [-0.2, -0.15) is 0 Å². The number of amides is 2. The summed E-state index contributed by atoms with van der Waals surface area (Å²) >= 11 is 0. The molecule has 0 aliphatic carbocycles. The molecule has 7 heteroatoms. The van der Waals surface area contributed by atoms with Crippen LogP contribution in [0.2, 0.25) is 0 Å². The van der Waals surface area contributed by atoms with Gasteiger partial charge >= 0.3 is 0 Å². The first kappa shape index (κ1) is 14.4. The molecular weight excluding hydrogens is 260 g/mol. The monoisotopic (exact) mass is 278 g/mol. The second kappa shape index (κ2) is 5.54. The molecule has 0 aromatic carbocycles. The van der Waals surface area contributed by atoms with Crippen molar-refractivity contribution in [2.75, 3.05) is 20.3 Å². The van der Waals surface area contributed by atoms with E-state index in [1.807, 2.05) is 0 Å². The number of carbonyl (C=O) groups is 2. The maximum atomic E-state index is 12.5. The molecule has 2 amide bonds. The third kappa shape index (κ3) is 2.36. The number of nitrogens with two attached hydrogens (primary N) is 1. The SMILES string of the molecule is COCC1(C(N)=O)CCCN1C(=O)c1nccc(C)n1. The predicted octanol–water partition coefficient (Wildman–Crippen LogP) is -0.108. The Labute approximate surface area is 117 Å². The van der Waals surface area contributed by atoms with Crippen LogP contribution < -0.4 is 5.73 Å². The van der Waals surface area contributed by atoms with Crippen LogP contribution in [0, 0.1) is 6.92 Å². The lowest BCUT2D eigenvalue weighted by Crippen LogP contribution is -2.59. The summed E-state index contributed by atoms with van der Waals surface area (Å²) < 4.78 is 5.09. The van der Waals surface area contributed by atoms with E-state index < -0.39 is 11.4 Å². The molecule has 2 heterocycles. The van der Waals surface area contributed by atoms with Crippen molar-refractivity contribution in [1.82, 2.24) is 14.9 Å². The van der Waals surface area contributed by atoms with Gasteiger partial charge < -0.3 is 15.4 Å². The Hall–Kier alpha value is -2.02. The summed E-state index contributed by atoms with van der Waals surface area (Å²) in [6, 6.07) is 1.71. The molecule has 1 atom stereocenters. The van der Waals surface area contributed by atoms with Gasteiger partial charge in [0.15, 0.2) is 0 Å². The molecule has 2 rings (SSSR count). The van der Waals surface area contributed by atoms with Crippen molar-refractivity contribution in [2.24, 2.45) is 5.73 Å². The van der Waals surface area contributed by atoms with E-state index in [2.05, 4.69) is 9.97 Å². The van der Waals surface area contributed by atoms with Crippen LogP contribution >= 0.6 is 0 Å². The first-order valence-corrected chi connectivity index (χ1v) is 6.42. The fourth-order valence-corrected chi connectivity index (χ4v) is 2.56. The number of hydrogen-bond donors (Lipinski definition) is 1. The van der Waals surface area contributed by atoms with Gasteiger partial charge in [-0.25, -0.2) is 9.97 Å². The average molecular weight is 278 g/mol. The van der Waals surface area contributed by atoms with Crippen LogP contribution in [-0.4, -0.2) is 52.5 Å². The van der Waals surface area contributed by atoms with Gasteiger partial charge in [0, 0.05) is 25.5 Å². The molecule has 1 saturated heterocycles. The lowest BCUT2D eigenvalue weighted by Gasteiger charge is -2.34. The van der Waals surface area contributed by atoms with E-state index in [4.69, 9.17) is 10.5 Å². The number of rotatable bonds is 4. The summed E-state index contributed by atoms with van der Waals surface area (Å²) in [4.78, 5) is 33.9. The van der Waals surface area contributed by atoms with Crippen molar-refractivity contribution in [3.8, 4) is 0 Å². The molecule has 1 fully saturated rings. The highest BCUT2D eigenvalue weighted by Crippen LogP contribution is 2.30. The average Bonchev–Trinajstić information content (AvgIpc) is 2.83. The summed E-state index contributed by atoms with van der Waals surface area (Å²) in [5, 5.41) is 0. The molecule has 1 aromatic heterocycles. The molecule has 1 unspecified atom stereocenters. The van der Waals surface area contributed by atoms with E-state index in [1.165, 1.54) is 18.2 Å². The minimum absolute atomic E-state index is 0.0774. The van der Waals surface area contributed by atoms with Gasteiger partial charge in [0.2, 0.25) is 11.7 Å². The summed E-state index contributed by atoms with van der Waals surface area (Å²) in [7, 11) is 1.48. The minimum atomic E-state index is -1.10. The summed E-state index contributed by atoms with van der Waals surface area (Å²) in [5.74, 6) is -0.867. The molecule has 0 spiro atoms. The number of carbonyl (C=O) groups excluding carboxylic acids is 2. The normalized spacial score (nSPS) is 22.0. The fourth-order valence-electron chi connectivity index (χ4n) is 2.56. The van der Waals surface area contributed by atoms with Crippen LogP contribution in [-0.2, 0) is 9.53 Å². The summed E-state index contributed by atoms with van der Waals surface area (Å²) in [6.07, 6.45) is 2.71. The molecule has 1 aromatic rings. The van der Waals surface area contributed by atoms with Gasteiger partial charge in [-0.15, -0.1) is 0 Å². The first-order valence-electron chi connectivity index (χ1n) is 6.42. The zero-order valence-corrected chi connectivity index (χ0v) is 11.6. The quantitative estimate of drug-likeness (QED) is 0.828. The van der Waals surface area contributed by atoms with Crippen LogP contribution in [0.4, 0.5) is 0 Å². The van der Waals surface area contributed by atoms with Crippen LogP contribution in [0.3, 0.4) is 0 Å². The summed E-state index contributed by atoms with van der Waals surface area (Å²) in [6.45, 7) is 2.31. The molecule has 0 bridgehead atoms. The van der Waals surface area contributed by atoms with Crippen molar-refractivity contribution < 1.29 is 14.3 Å². The van der Waals surface area contributed by atoms with Crippen LogP contribution in [0.25, 0.3) is 0 Å². The molecule has 20 heavy (non-hydrogen) atoms. The molecule has 108 valence electrons. The number of primary amides is 1. The number of hydrogen-bond acceptors (Lipinski definition) is 5. The van der Waals surface area contributed by atoms with E-state index in [0.717, 1.165) is 0 Å². The van der Waals surface area contributed by atoms with Gasteiger partial charge in [-0.1, -0.05) is 0 Å². The van der Waals surface area contributed by atoms with E-state index in [9.17, 15) is 9.59 Å². The van der Waals surface area contributed by atoms with Gasteiger partial charge in [0.05, 0.1) is 6.61 Å². The first-order chi connectivity index (χ1) is 9.51. The van der Waals surface area contributed by atoms with E-state index in [-0.39, 0.29) is 18.3 Å². The number of methoxy groups -OCH3 is 1. The zero-order chi connectivity index (χ0) is 14.8. The smallest absolute Gasteiger partial charge is 0.292 e. The Balaban J connectivity index is 2.34. The van der Waals surface area contributed by atoms with Crippen molar-refractivity contribution in [3.05, 3.63) is 23.8 Å². The number of aryl methyl sites for hydroxylation is 1. The molecule has 0 radical (unpaired) electrons. The number of likely N-dealkylation sites (tertiary alicyclic amines) is 1. The number of ether oxygens (including phenoxy) is 1. The van der Waals surface area contributed by atoms with Crippen molar-refractivity contribution >= 4 is 11.8 Å². The topological polar surface area (TPSA) is 98.4 Å². The Bertz CT molecular complexity index is 534. The lowest BCUT2D eigenvalue weighted by atomic mass is 9.96. The minimum Gasteiger partial charge on any atom is -0.382 e. The molecule has 0 saturated carbocycles. The molecular formula is C13H18N4O3. The van der Waals surface area contributed by atoms with Gasteiger partial charge in [0.1, 0.15) is 5.54 Å². The zero-order valence-electron chi connectivity index (χ0n) is 11.6. The molecule has 7 nitrogen and oxygen atoms in total. The highest BCUT2D eigenvalue weighted by Gasteiger charge is 2.49. The second-order valence-electron chi connectivity index (χ2n) is 4.91. The number of nitrogens with zero attached hydrogens (tertiary/aromatic N) is 3.